The number of nitrogens with zero attached hydrogens (tertiary/aromatic N) is 3. The van der Waals surface area contributed by atoms with Gasteiger partial charge in [-0.2, -0.15) is 0 Å². The molecule has 1 N–H and O–H groups in total. The summed E-state index contributed by atoms with van der Waals surface area (Å²) in [6.45, 7) is 3.34. The smallest absolute Gasteiger partial charge is 0.227 e. The van der Waals surface area contributed by atoms with Crippen molar-refractivity contribution in [1.82, 2.24) is 9.97 Å². The molecule has 0 unspecified atom stereocenters. The lowest BCUT2D eigenvalue weighted by Crippen LogP contribution is -2.36. The van der Waals surface area contributed by atoms with Crippen LogP contribution in [0.15, 0.2) is 36.5 Å². The van der Waals surface area contributed by atoms with E-state index in [0.717, 1.165) is 32.0 Å². The fourth-order valence-corrected chi connectivity index (χ4v) is 3.27. The van der Waals surface area contributed by atoms with E-state index in [4.69, 9.17) is 28.9 Å². The number of hydrogen-bond donors (Lipinski definition) is 1. The Kier molecular flexibility index (Phi) is 5.05. The molecule has 2 radical (unpaired) electrons. The summed E-state index contributed by atoms with van der Waals surface area (Å²) in [5.74, 6) is 1.01. The highest BCUT2D eigenvalue weighted by atomic mass is 35.5. The van der Waals surface area contributed by atoms with E-state index in [9.17, 15) is 0 Å². The minimum atomic E-state index is 0.423. The number of morpholine rings is 1. The summed E-state index contributed by atoms with van der Waals surface area (Å²) in [4.78, 5) is 11.2. The normalized spacial score (nSPS) is 14.4. The van der Waals surface area contributed by atoms with Crippen LogP contribution in [-0.4, -0.2) is 51.2 Å². The molecule has 3 aromatic rings. The molecule has 1 fully saturated rings. The molecule has 0 bridgehead atoms. The van der Waals surface area contributed by atoms with Gasteiger partial charge >= 0.3 is 0 Å². The molecule has 2 heterocycles. The number of fused-ring (bicyclic) bond motifs is 1. The van der Waals surface area contributed by atoms with Gasteiger partial charge in [-0.3, -0.25) is 0 Å². The van der Waals surface area contributed by atoms with E-state index in [1.807, 2.05) is 12.1 Å². The van der Waals surface area contributed by atoms with Crippen molar-refractivity contribution in [3.05, 3.63) is 41.6 Å². The van der Waals surface area contributed by atoms with Crippen molar-refractivity contribution in [2.45, 2.75) is 0 Å². The molecule has 1 aromatic heterocycles. The van der Waals surface area contributed by atoms with Gasteiger partial charge in [-0.05, 0) is 30.3 Å². The third kappa shape index (κ3) is 3.66. The Bertz CT molecular complexity index is 962. The Balaban J connectivity index is 1.59. The molecule has 0 spiro atoms. The molecule has 0 atom stereocenters. The Morgan fingerprint density at radius 1 is 1.22 bits per heavy atom. The molecular formula is C19H18BClN4O2. The summed E-state index contributed by atoms with van der Waals surface area (Å²) in [7, 11) is 7.48. The highest BCUT2D eigenvalue weighted by Crippen LogP contribution is 2.29. The summed E-state index contributed by atoms with van der Waals surface area (Å²) in [6.07, 6.45) is 1.65. The van der Waals surface area contributed by atoms with Crippen LogP contribution in [0.3, 0.4) is 0 Å². The van der Waals surface area contributed by atoms with E-state index < -0.39 is 0 Å². The molecule has 1 saturated heterocycles. The second kappa shape index (κ2) is 7.62. The fourth-order valence-electron chi connectivity index (χ4n) is 3.08. The first-order valence-corrected chi connectivity index (χ1v) is 9.02. The van der Waals surface area contributed by atoms with Gasteiger partial charge in [0.15, 0.2) is 0 Å². The van der Waals surface area contributed by atoms with Crippen molar-refractivity contribution in [2.75, 3.05) is 43.6 Å². The number of anilines is 3. The summed E-state index contributed by atoms with van der Waals surface area (Å²) in [5.41, 5.74) is 3.11. The predicted molar refractivity (Wildman–Crippen MR) is 109 cm³/mol. The minimum Gasteiger partial charge on any atom is -0.494 e. The fraction of sp³-hybridized carbons (Fsp3) is 0.263. The van der Waals surface area contributed by atoms with Crippen molar-refractivity contribution in [1.29, 1.82) is 0 Å². The lowest BCUT2D eigenvalue weighted by atomic mass is 9.94. The van der Waals surface area contributed by atoms with Crippen LogP contribution >= 0.6 is 11.6 Å². The van der Waals surface area contributed by atoms with Gasteiger partial charge < -0.3 is 19.7 Å². The quantitative estimate of drug-likeness (QED) is 0.702. The third-order valence-corrected chi connectivity index (χ3v) is 4.94. The first-order chi connectivity index (χ1) is 13.2. The monoisotopic (exact) mass is 380 g/mol. The van der Waals surface area contributed by atoms with E-state index in [2.05, 4.69) is 32.3 Å². The minimum absolute atomic E-state index is 0.423. The lowest BCUT2D eigenvalue weighted by molar-refractivity contribution is 0.122. The predicted octanol–water partition coefficient (Wildman–Crippen LogP) is 2.67. The summed E-state index contributed by atoms with van der Waals surface area (Å²) in [5, 5.41) is 4.29. The first-order valence-electron chi connectivity index (χ1n) is 8.64. The van der Waals surface area contributed by atoms with Crippen molar-refractivity contribution in [2.24, 2.45) is 0 Å². The highest BCUT2D eigenvalue weighted by Gasteiger charge is 2.13. The van der Waals surface area contributed by atoms with Crippen LogP contribution in [0.4, 0.5) is 17.3 Å². The molecule has 1 aliphatic heterocycles. The number of benzene rings is 2. The van der Waals surface area contributed by atoms with E-state index in [1.165, 1.54) is 5.69 Å². The average molecular weight is 381 g/mol. The van der Waals surface area contributed by atoms with Gasteiger partial charge in [0.1, 0.15) is 19.1 Å². The van der Waals surface area contributed by atoms with E-state index in [-0.39, 0.29) is 0 Å². The number of ether oxygens (including phenoxy) is 2. The van der Waals surface area contributed by atoms with Gasteiger partial charge in [0, 0.05) is 41.1 Å². The average Bonchev–Trinajstić information content (AvgIpc) is 2.72. The Labute approximate surface area is 163 Å². The van der Waals surface area contributed by atoms with Crippen LogP contribution in [0.5, 0.6) is 5.75 Å². The van der Waals surface area contributed by atoms with Gasteiger partial charge in [-0.25, -0.2) is 9.97 Å². The number of methoxy groups -OCH3 is 1. The molecule has 27 heavy (non-hydrogen) atoms. The van der Waals surface area contributed by atoms with Crippen LogP contribution in [0.2, 0.25) is 5.02 Å². The van der Waals surface area contributed by atoms with Crippen LogP contribution < -0.4 is 20.4 Å². The van der Waals surface area contributed by atoms with E-state index in [0.29, 0.717) is 33.1 Å². The lowest BCUT2D eigenvalue weighted by Gasteiger charge is -2.28. The van der Waals surface area contributed by atoms with Gasteiger partial charge in [-0.1, -0.05) is 17.1 Å². The zero-order chi connectivity index (χ0) is 18.8. The van der Waals surface area contributed by atoms with Gasteiger partial charge in [0.25, 0.3) is 0 Å². The molecule has 0 aliphatic carbocycles. The van der Waals surface area contributed by atoms with Crippen molar-refractivity contribution >= 4 is 53.1 Å². The van der Waals surface area contributed by atoms with Crippen LogP contribution in [0.1, 0.15) is 0 Å². The topological polar surface area (TPSA) is 59.5 Å². The second-order valence-corrected chi connectivity index (χ2v) is 6.59. The van der Waals surface area contributed by atoms with Gasteiger partial charge in [0.05, 0.1) is 20.3 Å². The maximum absolute atomic E-state index is 6.26. The van der Waals surface area contributed by atoms with Gasteiger partial charge in [-0.15, -0.1) is 0 Å². The molecule has 4 rings (SSSR count). The highest BCUT2D eigenvalue weighted by molar-refractivity contribution is 6.48. The summed E-state index contributed by atoms with van der Waals surface area (Å²) in [6, 6.07) is 9.83. The molecular weight excluding hydrogens is 363 g/mol. The number of aromatic nitrogens is 2. The largest absolute Gasteiger partial charge is 0.494 e. The Morgan fingerprint density at radius 3 is 2.67 bits per heavy atom. The zero-order valence-corrected chi connectivity index (χ0v) is 15.7. The standard InChI is InChI=1S/C19H18BClN4O2/c1-26-16-10-15(20)17(21)14-11-22-19(24-18(14)16)23-12-2-4-13(5-3-12)25-6-8-27-9-7-25/h2-5,10-11H,6-9H2,1H3,(H,22,23,24). The number of hydrogen-bond acceptors (Lipinski definition) is 6. The van der Waals surface area contributed by atoms with E-state index >= 15 is 0 Å². The first kappa shape index (κ1) is 17.9. The maximum Gasteiger partial charge on any atom is 0.227 e. The third-order valence-electron chi connectivity index (χ3n) is 4.52. The summed E-state index contributed by atoms with van der Waals surface area (Å²) >= 11 is 6.26. The zero-order valence-electron chi connectivity index (χ0n) is 14.9. The molecule has 0 amide bonds. The number of nitrogens with one attached hydrogen (secondary N) is 1. The summed E-state index contributed by atoms with van der Waals surface area (Å²) < 4.78 is 10.8. The van der Waals surface area contributed by atoms with Crippen molar-refractivity contribution in [3.8, 4) is 5.75 Å². The van der Waals surface area contributed by atoms with Crippen LogP contribution in [0, 0.1) is 0 Å². The Hall–Kier alpha value is -2.51. The molecule has 136 valence electrons. The van der Waals surface area contributed by atoms with Crippen molar-refractivity contribution < 1.29 is 9.47 Å². The van der Waals surface area contributed by atoms with Gasteiger partial charge in [0.2, 0.25) is 5.95 Å². The van der Waals surface area contributed by atoms with Crippen molar-refractivity contribution in [3.63, 3.8) is 0 Å². The number of halogens is 1. The molecule has 0 saturated carbocycles. The van der Waals surface area contributed by atoms with E-state index in [1.54, 1.807) is 19.4 Å². The molecule has 6 nitrogen and oxygen atoms in total. The molecule has 8 heteroatoms. The SMILES string of the molecule is [B]c1cc(OC)c2nc(Nc3ccc(N4CCOCC4)cc3)ncc2c1Cl. The molecule has 2 aromatic carbocycles. The number of rotatable bonds is 4. The second-order valence-electron chi connectivity index (χ2n) is 6.21. The molecule has 1 aliphatic rings. The Morgan fingerprint density at radius 2 is 1.96 bits per heavy atom. The van der Waals surface area contributed by atoms with Crippen LogP contribution in [0.25, 0.3) is 10.9 Å². The van der Waals surface area contributed by atoms with Crippen LogP contribution in [-0.2, 0) is 4.74 Å². The maximum atomic E-state index is 6.26.